The lowest BCUT2D eigenvalue weighted by molar-refractivity contribution is 0.0894. The van der Waals surface area contributed by atoms with Crippen molar-refractivity contribution in [2.24, 2.45) is 7.05 Å². The van der Waals surface area contributed by atoms with Gasteiger partial charge < -0.3 is 5.32 Å². The molecule has 1 saturated heterocycles. The molecule has 1 N–H and O–H groups in total. The van der Waals surface area contributed by atoms with Gasteiger partial charge in [0.2, 0.25) is 0 Å². The third kappa shape index (κ3) is 4.05. The number of aromatic nitrogens is 2. The topological polar surface area (TPSA) is 67.2 Å². The van der Waals surface area contributed by atoms with Crippen LogP contribution in [0.3, 0.4) is 0 Å². The first-order valence-corrected chi connectivity index (χ1v) is 8.60. The summed E-state index contributed by atoms with van der Waals surface area (Å²) < 4.78 is 1.18. The van der Waals surface area contributed by atoms with E-state index in [1.54, 1.807) is 18.4 Å². The van der Waals surface area contributed by atoms with E-state index in [-0.39, 0.29) is 23.2 Å². The largest absolute Gasteiger partial charge is 0.347 e. The Bertz CT molecular complexity index is 726. The van der Waals surface area contributed by atoms with Crippen molar-refractivity contribution in [1.29, 1.82) is 0 Å². The molecule has 0 spiro atoms. The van der Waals surface area contributed by atoms with Crippen LogP contribution in [0.1, 0.15) is 28.2 Å². The lowest BCUT2D eigenvalue weighted by Crippen LogP contribution is -2.47. The number of carbonyl (C=O) groups is 1. The van der Waals surface area contributed by atoms with Gasteiger partial charge in [0.15, 0.2) is 0 Å². The zero-order valence-corrected chi connectivity index (χ0v) is 13.9. The van der Waals surface area contributed by atoms with Gasteiger partial charge in [-0.3, -0.25) is 14.5 Å². The Labute approximate surface area is 138 Å². The number of thiophene rings is 1. The summed E-state index contributed by atoms with van der Waals surface area (Å²) >= 11 is 1.76. The average molecular weight is 332 g/mol. The van der Waals surface area contributed by atoms with Crippen molar-refractivity contribution in [1.82, 2.24) is 20.0 Å². The number of rotatable bonds is 4. The number of likely N-dealkylation sites (tertiary alicyclic amines) is 1. The van der Waals surface area contributed by atoms with E-state index in [2.05, 4.69) is 32.8 Å². The van der Waals surface area contributed by atoms with Crippen LogP contribution in [-0.4, -0.2) is 39.7 Å². The summed E-state index contributed by atoms with van der Waals surface area (Å²) in [7, 11) is 1.54. The highest BCUT2D eigenvalue weighted by molar-refractivity contribution is 7.09. The van der Waals surface area contributed by atoms with Crippen molar-refractivity contribution < 1.29 is 4.79 Å². The average Bonchev–Trinajstić information content (AvgIpc) is 3.03. The molecule has 122 valence electrons. The summed E-state index contributed by atoms with van der Waals surface area (Å²) in [6, 6.07) is 7.17. The van der Waals surface area contributed by atoms with E-state index in [1.165, 1.54) is 21.7 Å². The fourth-order valence-corrected chi connectivity index (χ4v) is 3.57. The molecule has 0 radical (unpaired) electrons. The molecule has 0 bridgehead atoms. The molecule has 7 heteroatoms. The molecule has 0 saturated carbocycles. The normalized spacial score (nSPS) is 18.7. The van der Waals surface area contributed by atoms with Crippen LogP contribution in [0, 0.1) is 0 Å². The maximum Gasteiger partial charge on any atom is 0.271 e. The second-order valence-corrected chi connectivity index (χ2v) is 6.84. The Morgan fingerprint density at radius 2 is 2.30 bits per heavy atom. The van der Waals surface area contributed by atoms with E-state index in [4.69, 9.17) is 0 Å². The predicted molar refractivity (Wildman–Crippen MR) is 89.6 cm³/mol. The quantitative estimate of drug-likeness (QED) is 0.915. The molecule has 2 aromatic rings. The third-order valence-electron chi connectivity index (χ3n) is 3.99. The fraction of sp³-hybridized carbons (Fsp3) is 0.438. The van der Waals surface area contributed by atoms with Gasteiger partial charge in [-0.2, -0.15) is 5.10 Å². The summed E-state index contributed by atoms with van der Waals surface area (Å²) in [5.74, 6) is -0.219. The zero-order chi connectivity index (χ0) is 16.2. The zero-order valence-electron chi connectivity index (χ0n) is 13.1. The molecular weight excluding hydrogens is 312 g/mol. The monoisotopic (exact) mass is 332 g/mol. The van der Waals surface area contributed by atoms with E-state index in [0.29, 0.717) is 0 Å². The summed E-state index contributed by atoms with van der Waals surface area (Å²) in [5.41, 5.74) is 0.0591. The summed E-state index contributed by atoms with van der Waals surface area (Å²) in [5, 5.41) is 9.12. The maximum atomic E-state index is 12.3. The number of aryl methyl sites for hydroxylation is 1. The lowest BCUT2D eigenvalue weighted by Gasteiger charge is -2.32. The predicted octanol–water partition coefficient (Wildman–Crippen LogP) is 1.24. The van der Waals surface area contributed by atoms with E-state index in [1.807, 2.05) is 0 Å². The molecular formula is C16H20N4O2S. The number of hydrogen-bond donors (Lipinski definition) is 1. The van der Waals surface area contributed by atoms with Crippen LogP contribution in [0.2, 0.25) is 0 Å². The molecule has 1 aliphatic rings. The Morgan fingerprint density at radius 1 is 1.43 bits per heavy atom. The Morgan fingerprint density at radius 3 is 3.04 bits per heavy atom. The number of piperidine rings is 1. The van der Waals surface area contributed by atoms with Gasteiger partial charge in [-0.25, -0.2) is 4.68 Å². The Hall–Kier alpha value is -1.99. The van der Waals surface area contributed by atoms with Gasteiger partial charge in [0.1, 0.15) is 5.69 Å². The molecule has 1 amide bonds. The molecule has 0 aliphatic carbocycles. The molecule has 1 atom stereocenters. The van der Waals surface area contributed by atoms with Crippen molar-refractivity contribution >= 4 is 17.2 Å². The smallest absolute Gasteiger partial charge is 0.271 e. The minimum Gasteiger partial charge on any atom is -0.347 e. The molecule has 3 rings (SSSR count). The van der Waals surface area contributed by atoms with Crippen molar-refractivity contribution in [3.8, 4) is 0 Å². The highest BCUT2D eigenvalue weighted by Gasteiger charge is 2.22. The standard InChI is InChI=1S/C16H20N4O2S/c1-19-15(21)7-6-14(18-19)16(22)17-12-4-2-8-20(10-12)11-13-5-3-9-23-13/h3,5-7,9,12H,2,4,8,10-11H2,1H3,(H,17,22). The van der Waals surface area contributed by atoms with Crippen LogP contribution in [0.4, 0.5) is 0 Å². The van der Waals surface area contributed by atoms with Gasteiger partial charge in [0.25, 0.3) is 11.5 Å². The summed E-state index contributed by atoms with van der Waals surface area (Å²) in [6.45, 7) is 2.83. The molecule has 3 heterocycles. The van der Waals surface area contributed by atoms with Gasteiger partial charge in [-0.05, 0) is 36.9 Å². The molecule has 0 aromatic carbocycles. The van der Waals surface area contributed by atoms with Crippen LogP contribution in [0.5, 0.6) is 0 Å². The van der Waals surface area contributed by atoms with E-state index >= 15 is 0 Å². The van der Waals surface area contributed by atoms with Crippen molar-refractivity contribution in [2.45, 2.75) is 25.4 Å². The van der Waals surface area contributed by atoms with E-state index in [0.717, 1.165) is 32.5 Å². The van der Waals surface area contributed by atoms with Gasteiger partial charge in [-0.15, -0.1) is 11.3 Å². The van der Waals surface area contributed by atoms with Crippen molar-refractivity contribution in [3.63, 3.8) is 0 Å². The van der Waals surface area contributed by atoms with Crippen molar-refractivity contribution in [3.05, 3.63) is 50.6 Å². The van der Waals surface area contributed by atoms with Crippen LogP contribution in [0.25, 0.3) is 0 Å². The van der Waals surface area contributed by atoms with Gasteiger partial charge in [0, 0.05) is 37.1 Å². The van der Waals surface area contributed by atoms with Crippen LogP contribution in [0.15, 0.2) is 34.4 Å². The molecule has 6 nitrogen and oxygen atoms in total. The third-order valence-corrected chi connectivity index (χ3v) is 4.85. The number of hydrogen-bond acceptors (Lipinski definition) is 5. The van der Waals surface area contributed by atoms with Crippen LogP contribution >= 0.6 is 11.3 Å². The lowest BCUT2D eigenvalue weighted by atomic mass is 10.1. The Kier molecular flexibility index (Phi) is 4.88. The molecule has 23 heavy (non-hydrogen) atoms. The fourth-order valence-electron chi connectivity index (χ4n) is 2.82. The number of carbonyl (C=O) groups excluding carboxylic acids is 1. The minimum atomic E-state index is -0.221. The Balaban J connectivity index is 1.59. The molecule has 2 aromatic heterocycles. The molecule has 1 fully saturated rings. The van der Waals surface area contributed by atoms with Crippen LogP contribution in [-0.2, 0) is 13.6 Å². The molecule has 1 unspecified atom stereocenters. The SMILES string of the molecule is Cn1nc(C(=O)NC2CCCN(Cc3cccs3)C2)ccc1=O. The highest BCUT2D eigenvalue weighted by Crippen LogP contribution is 2.17. The number of nitrogens with one attached hydrogen (secondary N) is 1. The first-order valence-electron chi connectivity index (χ1n) is 7.72. The van der Waals surface area contributed by atoms with Gasteiger partial charge >= 0.3 is 0 Å². The second-order valence-electron chi connectivity index (χ2n) is 5.81. The van der Waals surface area contributed by atoms with E-state index in [9.17, 15) is 9.59 Å². The van der Waals surface area contributed by atoms with Crippen LogP contribution < -0.4 is 10.9 Å². The summed E-state index contributed by atoms with van der Waals surface area (Å²) in [6.07, 6.45) is 2.04. The first kappa shape index (κ1) is 15.9. The maximum absolute atomic E-state index is 12.3. The summed E-state index contributed by atoms with van der Waals surface area (Å²) in [4.78, 5) is 27.3. The number of nitrogens with zero attached hydrogens (tertiary/aromatic N) is 3. The van der Waals surface area contributed by atoms with Crippen molar-refractivity contribution in [2.75, 3.05) is 13.1 Å². The number of amides is 1. The van der Waals surface area contributed by atoms with Gasteiger partial charge in [0.05, 0.1) is 0 Å². The highest BCUT2D eigenvalue weighted by atomic mass is 32.1. The minimum absolute atomic E-state index is 0.121. The van der Waals surface area contributed by atoms with E-state index < -0.39 is 0 Å². The van der Waals surface area contributed by atoms with Gasteiger partial charge in [-0.1, -0.05) is 6.07 Å². The molecule has 1 aliphatic heterocycles. The first-order chi connectivity index (χ1) is 11.1. The second kappa shape index (κ2) is 7.06.